The molecule has 1 N–H and O–H groups in total. The fourth-order valence-corrected chi connectivity index (χ4v) is 3.00. The van der Waals surface area contributed by atoms with Crippen molar-refractivity contribution in [2.24, 2.45) is 0 Å². The summed E-state index contributed by atoms with van der Waals surface area (Å²) in [5, 5.41) is 3.51. The van der Waals surface area contributed by atoms with E-state index in [9.17, 15) is 4.79 Å². The SMILES string of the molecule is O=C(c1ccccc1Cl)[C@@H](C(=S)NCc1ccco1)[n+]1ccccc1. The van der Waals surface area contributed by atoms with Crippen LogP contribution in [0.3, 0.4) is 0 Å². The van der Waals surface area contributed by atoms with E-state index in [1.54, 1.807) is 53.6 Å². The lowest BCUT2D eigenvalue weighted by Gasteiger charge is -2.14. The van der Waals surface area contributed by atoms with Crippen LogP contribution in [0.4, 0.5) is 0 Å². The zero-order valence-electron chi connectivity index (χ0n) is 13.3. The van der Waals surface area contributed by atoms with E-state index in [-0.39, 0.29) is 5.78 Å². The summed E-state index contributed by atoms with van der Waals surface area (Å²) >= 11 is 11.7. The molecule has 1 atom stereocenters. The van der Waals surface area contributed by atoms with Crippen molar-refractivity contribution in [2.45, 2.75) is 12.6 Å². The average molecular weight is 372 g/mol. The first kappa shape index (κ1) is 17.3. The second-order valence-electron chi connectivity index (χ2n) is 5.37. The number of Topliss-reactive ketones (excluding diaryl/α,β-unsaturated/α-hetero) is 1. The third kappa shape index (κ3) is 4.13. The minimum atomic E-state index is -0.689. The average Bonchev–Trinajstić information content (AvgIpc) is 3.15. The van der Waals surface area contributed by atoms with E-state index >= 15 is 0 Å². The lowest BCUT2D eigenvalue weighted by atomic mass is 10.0. The molecule has 0 bridgehead atoms. The molecule has 0 aliphatic carbocycles. The molecule has 0 aliphatic heterocycles. The van der Waals surface area contributed by atoms with Gasteiger partial charge in [-0.05, 0) is 24.3 Å². The highest BCUT2D eigenvalue weighted by atomic mass is 35.5. The molecule has 0 radical (unpaired) electrons. The number of hydrogen-bond acceptors (Lipinski definition) is 3. The van der Waals surface area contributed by atoms with Crippen molar-refractivity contribution < 1.29 is 13.8 Å². The first-order valence-corrected chi connectivity index (χ1v) is 8.50. The highest BCUT2D eigenvalue weighted by Crippen LogP contribution is 2.20. The first-order chi connectivity index (χ1) is 12.2. The van der Waals surface area contributed by atoms with Crippen LogP contribution in [0.25, 0.3) is 0 Å². The molecular formula is C19H16ClN2O2S+. The number of carbonyl (C=O) groups excluding carboxylic acids is 1. The van der Waals surface area contributed by atoms with Gasteiger partial charge in [0.1, 0.15) is 5.76 Å². The van der Waals surface area contributed by atoms with E-state index in [0.717, 1.165) is 5.76 Å². The Morgan fingerprint density at radius 2 is 1.88 bits per heavy atom. The molecule has 0 amide bonds. The molecule has 0 aliphatic rings. The number of benzene rings is 1. The fraction of sp³-hybridized carbons (Fsp3) is 0.105. The van der Waals surface area contributed by atoms with Crippen LogP contribution in [0.15, 0.2) is 77.7 Å². The quantitative estimate of drug-likeness (QED) is 0.407. The van der Waals surface area contributed by atoms with Crippen LogP contribution in [0, 0.1) is 0 Å². The van der Waals surface area contributed by atoms with Crippen LogP contribution in [0.1, 0.15) is 22.2 Å². The smallest absolute Gasteiger partial charge is 0.270 e. The van der Waals surface area contributed by atoms with Crippen molar-refractivity contribution in [2.75, 3.05) is 0 Å². The monoisotopic (exact) mass is 371 g/mol. The number of rotatable bonds is 6. The standard InChI is InChI=1S/C19H15ClN2O2S/c20-16-9-3-2-8-15(16)18(23)17(22-10-4-1-5-11-22)19(25)21-13-14-7-6-12-24-14/h1-12,17H,13H2/p+1/t17-/m0/s1. The van der Waals surface area contributed by atoms with Crippen LogP contribution in [-0.4, -0.2) is 10.8 Å². The van der Waals surface area contributed by atoms with Crippen molar-refractivity contribution in [3.63, 3.8) is 0 Å². The van der Waals surface area contributed by atoms with Crippen molar-refractivity contribution in [3.05, 3.63) is 89.6 Å². The predicted octanol–water partition coefficient (Wildman–Crippen LogP) is 3.76. The number of aromatic nitrogens is 1. The van der Waals surface area contributed by atoms with Crippen molar-refractivity contribution in [3.8, 4) is 0 Å². The number of pyridine rings is 1. The summed E-state index contributed by atoms with van der Waals surface area (Å²) in [5.74, 6) is 0.572. The summed E-state index contributed by atoms with van der Waals surface area (Å²) in [4.78, 5) is 13.5. The third-order valence-electron chi connectivity index (χ3n) is 3.69. The van der Waals surface area contributed by atoms with E-state index in [1.807, 2.05) is 24.3 Å². The third-order valence-corrected chi connectivity index (χ3v) is 4.39. The van der Waals surface area contributed by atoms with Crippen LogP contribution >= 0.6 is 23.8 Å². The maximum atomic E-state index is 13.1. The number of nitrogens with one attached hydrogen (secondary N) is 1. The van der Waals surface area contributed by atoms with Crippen molar-refractivity contribution >= 4 is 34.6 Å². The molecule has 3 aromatic rings. The molecule has 2 aromatic heterocycles. The normalized spacial score (nSPS) is 11.7. The number of furan rings is 1. The van der Waals surface area contributed by atoms with E-state index in [0.29, 0.717) is 22.1 Å². The van der Waals surface area contributed by atoms with Gasteiger partial charge in [-0.25, -0.2) is 0 Å². The molecule has 0 unspecified atom stereocenters. The molecule has 3 rings (SSSR count). The first-order valence-electron chi connectivity index (χ1n) is 7.71. The number of thiocarbonyl (C=S) groups is 1. The largest absolute Gasteiger partial charge is 0.467 e. The predicted molar refractivity (Wildman–Crippen MR) is 99.6 cm³/mol. The molecule has 6 heteroatoms. The summed E-state index contributed by atoms with van der Waals surface area (Å²) in [6.07, 6.45) is 5.21. The van der Waals surface area contributed by atoms with Crippen LogP contribution in [0.2, 0.25) is 5.02 Å². The Morgan fingerprint density at radius 1 is 1.12 bits per heavy atom. The second kappa shape index (κ2) is 8.05. The van der Waals surface area contributed by atoms with E-state index in [2.05, 4.69) is 5.32 Å². The van der Waals surface area contributed by atoms with E-state index in [1.165, 1.54) is 0 Å². The zero-order chi connectivity index (χ0) is 17.6. The van der Waals surface area contributed by atoms with Gasteiger partial charge in [0.05, 0.1) is 17.8 Å². The van der Waals surface area contributed by atoms with Gasteiger partial charge < -0.3 is 9.73 Å². The Hall–Kier alpha value is -2.50. The van der Waals surface area contributed by atoms with Gasteiger partial charge in [-0.15, -0.1) is 0 Å². The Morgan fingerprint density at radius 3 is 2.56 bits per heavy atom. The lowest BCUT2D eigenvalue weighted by molar-refractivity contribution is -0.692. The summed E-state index contributed by atoms with van der Waals surface area (Å²) in [7, 11) is 0. The van der Waals surface area contributed by atoms with Crippen LogP contribution in [-0.2, 0) is 6.54 Å². The zero-order valence-corrected chi connectivity index (χ0v) is 14.8. The van der Waals surface area contributed by atoms with Gasteiger partial charge in [-0.2, -0.15) is 4.57 Å². The highest BCUT2D eigenvalue weighted by Gasteiger charge is 2.34. The number of hydrogen-bond donors (Lipinski definition) is 1. The summed E-state index contributed by atoms with van der Waals surface area (Å²) in [6.45, 7) is 0.408. The van der Waals surface area contributed by atoms with E-state index in [4.69, 9.17) is 28.2 Å². The molecule has 0 saturated carbocycles. The molecule has 0 spiro atoms. The topological polar surface area (TPSA) is 46.1 Å². The number of halogens is 1. The molecular weight excluding hydrogens is 356 g/mol. The Labute approximate surface area is 156 Å². The van der Waals surface area contributed by atoms with Gasteiger partial charge in [0.25, 0.3) is 6.04 Å². The van der Waals surface area contributed by atoms with Gasteiger partial charge in [0.15, 0.2) is 17.4 Å². The van der Waals surface area contributed by atoms with Gasteiger partial charge in [0, 0.05) is 17.7 Å². The molecule has 4 nitrogen and oxygen atoms in total. The summed E-state index contributed by atoms with van der Waals surface area (Å²) < 4.78 is 7.07. The van der Waals surface area contributed by atoms with Crippen molar-refractivity contribution in [1.29, 1.82) is 0 Å². The highest BCUT2D eigenvalue weighted by molar-refractivity contribution is 7.80. The van der Waals surface area contributed by atoms with Gasteiger partial charge >= 0.3 is 0 Å². The molecule has 126 valence electrons. The van der Waals surface area contributed by atoms with Gasteiger partial charge in [-0.3, -0.25) is 4.79 Å². The minimum Gasteiger partial charge on any atom is -0.467 e. The van der Waals surface area contributed by atoms with Crippen molar-refractivity contribution in [1.82, 2.24) is 5.32 Å². The molecule has 0 saturated heterocycles. The maximum absolute atomic E-state index is 13.1. The minimum absolute atomic E-state index is 0.168. The Balaban J connectivity index is 1.89. The summed E-state index contributed by atoms with van der Waals surface area (Å²) in [6, 6.07) is 15.5. The van der Waals surface area contributed by atoms with Gasteiger partial charge in [0.2, 0.25) is 5.78 Å². The van der Waals surface area contributed by atoms with Gasteiger partial charge in [-0.1, -0.05) is 42.0 Å². The molecule has 0 fully saturated rings. The Bertz CT molecular complexity index is 866. The second-order valence-corrected chi connectivity index (χ2v) is 6.21. The van der Waals surface area contributed by atoms with E-state index < -0.39 is 6.04 Å². The molecule has 1 aromatic carbocycles. The summed E-state index contributed by atoms with van der Waals surface area (Å²) in [5.41, 5.74) is 0.438. The van der Waals surface area contributed by atoms with Crippen LogP contribution < -0.4 is 9.88 Å². The molecule has 2 heterocycles. The number of nitrogens with zero attached hydrogens (tertiary/aromatic N) is 1. The van der Waals surface area contributed by atoms with Crippen LogP contribution in [0.5, 0.6) is 0 Å². The Kier molecular flexibility index (Phi) is 5.58. The fourth-order valence-electron chi connectivity index (χ4n) is 2.47. The number of carbonyl (C=O) groups is 1. The maximum Gasteiger partial charge on any atom is 0.270 e. The lowest BCUT2D eigenvalue weighted by Crippen LogP contribution is -2.51. The number of ketones is 1. The molecule has 25 heavy (non-hydrogen) atoms.